The third-order valence-corrected chi connectivity index (χ3v) is 6.61. The Bertz CT molecular complexity index is 631. The van der Waals surface area contributed by atoms with Crippen molar-refractivity contribution in [3.63, 3.8) is 0 Å². The molecule has 4 aliphatic heterocycles. The Morgan fingerprint density at radius 3 is 0.600 bits per heavy atom. The number of rotatable bonds is 4. The van der Waals surface area contributed by atoms with Gasteiger partial charge >= 0.3 is 0 Å². The molecule has 4 rings (SSSR count). The molecule has 275 valence electrons. The average Bonchev–Trinajstić information content (AvgIpc) is 3.02. The number of aliphatic hydroxyl groups is 16. The Hall–Kier alpha value is -0.281. The molecule has 1 radical (unpaired) electrons. The third-order valence-electron chi connectivity index (χ3n) is 6.61. The van der Waals surface area contributed by atoms with Crippen molar-refractivity contribution in [3.05, 3.63) is 26.4 Å². The smallest absolute Gasteiger partial charge is 0.105 e. The van der Waals surface area contributed by atoms with E-state index < -0.39 is 97.7 Å². The van der Waals surface area contributed by atoms with Crippen LogP contribution in [0.15, 0.2) is 0 Å². The topological polar surface area (TPSA) is 361 Å². The van der Waals surface area contributed by atoms with Crippen molar-refractivity contribution >= 4 is 0 Å². The zero-order chi connectivity index (χ0) is 33.7. The molecule has 16 N–H and O–H groups in total. The van der Waals surface area contributed by atoms with Gasteiger partial charge in [0.05, 0.1) is 75.3 Å². The second kappa shape index (κ2) is 22.4. The maximum atomic E-state index is 9.09. The summed E-state index contributed by atoms with van der Waals surface area (Å²) in [4.78, 5) is 0. The fourth-order valence-corrected chi connectivity index (χ4v) is 3.66. The predicted octanol–water partition coefficient (Wildman–Crippen LogP) is -9.51. The Kier molecular flexibility index (Phi) is 22.2. The van der Waals surface area contributed by atoms with Crippen LogP contribution in [-0.4, -0.2) is 206 Å². The Morgan fingerprint density at radius 1 is 0.311 bits per heavy atom. The molecule has 0 unspecified atom stereocenters. The summed E-state index contributed by atoms with van der Waals surface area (Å²) in [7, 11) is 0. The largest absolute Gasteiger partial charge is 0.544 e. The van der Waals surface area contributed by atoms with E-state index in [9.17, 15) is 0 Å². The SMILES string of the molecule is OC[C@H]1O[CH-][C@H](O)[C@@H](O)[C@@H]1O.OC[C@H]1O[CH-][C@H](O)[C@@H](O)[C@@H]1O.OC[C@H]1O[CH-][C@H](O)[C@@H](O)[C@@H]1O.OC[C@H]1O[CH-][C@H](O)[C@@H](O)[C@@H]1O.[Cu]. The maximum Gasteiger partial charge on any atom is 0.105 e. The summed E-state index contributed by atoms with van der Waals surface area (Å²) in [5.74, 6) is 0. The van der Waals surface area contributed by atoms with Crippen molar-refractivity contribution in [2.75, 3.05) is 26.4 Å². The van der Waals surface area contributed by atoms with Crippen molar-refractivity contribution in [2.24, 2.45) is 0 Å². The monoisotopic (exact) mass is 715 g/mol. The van der Waals surface area contributed by atoms with Crippen molar-refractivity contribution < 1.29 is 118 Å². The van der Waals surface area contributed by atoms with Crippen LogP contribution in [0.5, 0.6) is 0 Å². The molecule has 21 heteroatoms. The van der Waals surface area contributed by atoms with Crippen LogP contribution in [0.25, 0.3) is 0 Å². The van der Waals surface area contributed by atoms with E-state index in [0.717, 1.165) is 26.4 Å². The van der Waals surface area contributed by atoms with Crippen molar-refractivity contribution in [1.82, 2.24) is 0 Å². The van der Waals surface area contributed by atoms with Gasteiger partial charge in [-0.15, -0.1) is 0 Å². The van der Waals surface area contributed by atoms with Crippen molar-refractivity contribution in [1.29, 1.82) is 0 Å². The minimum atomic E-state index is -1.28. The number of ether oxygens (including phenoxy) is 4. The summed E-state index contributed by atoms with van der Waals surface area (Å²) in [6.45, 7) is 2.44. The zero-order valence-electron chi connectivity index (χ0n) is 23.5. The minimum absolute atomic E-state index is 0. The first kappa shape index (κ1) is 44.7. The van der Waals surface area contributed by atoms with Gasteiger partial charge < -0.3 is 101 Å². The fourth-order valence-electron chi connectivity index (χ4n) is 3.66. The van der Waals surface area contributed by atoms with Gasteiger partial charge in [-0.25, -0.2) is 0 Å². The van der Waals surface area contributed by atoms with Gasteiger partial charge in [0.15, 0.2) is 0 Å². The van der Waals surface area contributed by atoms with Crippen molar-refractivity contribution in [3.8, 4) is 0 Å². The summed E-state index contributed by atoms with van der Waals surface area (Å²) in [5.41, 5.74) is 0. The zero-order valence-corrected chi connectivity index (χ0v) is 24.4. The van der Waals surface area contributed by atoms with Crippen molar-refractivity contribution in [2.45, 2.75) is 97.7 Å². The molecule has 4 fully saturated rings. The van der Waals surface area contributed by atoms with E-state index in [1.807, 2.05) is 0 Å². The van der Waals surface area contributed by atoms with E-state index in [1.54, 1.807) is 0 Å². The molecule has 0 aliphatic carbocycles. The standard InChI is InChI=1S/4C6H11O5.Cu/c4*7-1-4-6(10)5(9)3(8)2-11-4;/h4*2-10H,1H2;/q4*-1;/t4*3-,4+,5+,6+;/m0000./s1. The maximum absolute atomic E-state index is 9.09. The van der Waals surface area contributed by atoms with Crippen LogP contribution in [0, 0.1) is 26.4 Å². The molecular formula is C24H44CuO20-4. The van der Waals surface area contributed by atoms with Gasteiger partial charge in [0.25, 0.3) is 0 Å². The second-order valence-corrected chi connectivity index (χ2v) is 9.86. The van der Waals surface area contributed by atoms with E-state index in [4.69, 9.17) is 81.7 Å². The van der Waals surface area contributed by atoms with Gasteiger partial charge in [0.2, 0.25) is 0 Å². The van der Waals surface area contributed by atoms with Crippen LogP contribution >= 0.6 is 0 Å². The Labute approximate surface area is 268 Å². The molecule has 20 nitrogen and oxygen atoms in total. The molecular weight excluding hydrogens is 672 g/mol. The van der Waals surface area contributed by atoms with Gasteiger partial charge in [0.1, 0.15) is 24.4 Å². The molecule has 16 atom stereocenters. The Morgan fingerprint density at radius 2 is 0.467 bits per heavy atom. The number of hydrogen-bond donors (Lipinski definition) is 16. The minimum Gasteiger partial charge on any atom is -0.544 e. The van der Waals surface area contributed by atoms with Crippen LogP contribution in [0.2, 0.25) is 0 Å². The van der Waals surface area contributed by atoms with Crippen LogP contribution in [0.1, 0.15) is 0 Å². The van der Waals surface area contributed by atoms with Gasteiger partial charge in [-0.2, -0.15) is 26.4 Å². The molecule has 0 aromatic heterocycles. The van der Waals surface area contributed by atoms with Crippen LogP contribution in [0.3, 0.4) is 0 Å². The molecule has 4 saturated heterocycles. The fraction of sp³-hybridized carbons (Fsp3) is 0.833. The van der Waals surface area contributed by atoms with Gasteiger partial charge in [0, 0.05) is 17.1 Å². The molecule has 0 spiro atoms. The first-order chi connectivity index (χ1) is 20.7. The quantitative estimate of drug-likeness (QED) is 0.0948. The molecule has 0 bridgehead atoms. The van der Waals surface area contributed by atoms with E-state index in [-0.39, 0.29) is 43.5 Å². The first-order valence-electron chi connectivity index (χ1n) is 13.2. The van der Waals surface area contributed by atoms with Crippen LogP contribution in [-0.2, 0) is 36.0 Å². The molecule has 0 amide bonds. The number of aliphatic hydroxyl groups excluding tert-OH is 16. The van der Waals surface area contributed by atoms with Gasteiger partial charge in [-0.05, 0) is 24.4 Å². The first-order valence-corrected chi connectivity index (χ1v) is 13.2. The Balaban J connectivity index is 0.000000569. The molecule has 0 aromatic carbocycles. The van der Waals surface area contributed by atoms with Gasteiger partial charge in [-0.1, -0.05) is 0 Å². The summed E-state index contributed by atoms with van der Waals surface area (Å²) >= 11 is 0. The summed E-state index contributed by atoms with van der Waals surface area (Å²) in [6.07, 6.45) is -18.2. The summed E-state index contributed by atoms with van der Waals surface area (Å²) < 4.78 is 18.7. The van der Waals surface area contributed by atoms with Crippen LogP contribution in [0.4, 0.5) is 0 Å². The molecule has 45 heavy (non-hydrogen) atoms. The predicted molar refractivity (Wildman–Crippen MR) is 137 cm³/mol. The molecule has 4 heterocycles. The summed E-state index contributed by atoms with van der Waals surface area (Å²) in [6, 6.07) is 0. The summed E-state index contributed by atoms with van der Waals surface area (Å²) in [5, 5.41) is 142. The van der Waals surface area contributed by atoms with E-state index in [2.05, 4.69) is 18.9 Å². The van der Waals surface area contributed by atoms with E-state index in [1.165, 1.54) is 0 Å². The second-order valence-electron chi connectivity index (χ2n) is 9.86. The third kappa shape index (κ3) is 13.3. The molecule has 0 saturated carbocycles. The normalized spacial score (nSPS) is 44.8. The van der Waals surface area contributed by atoms with Gasteiger partial charge in [-0.3, -0.25) is 0 Å². The van der Waals surface area contributed by atoms with E-state index in [0.29, 0.717) is 0 Å². The van der Waals surface area contributed by atoms with Crippen LogP contribution < -0.4 is 0 Å². The molecule has 0 aromatic rings. The average molecular weight is 716 g/mol. The number of hydrogen-bond acceptors (Lipinski definition) is 20. The molecule has 4 aliphatic rings. The van der Waals surface area contributed by atoms with E-state index >= 15 is 0 Å².